The topological polar surface area (TPSA) is 66.4 Å². The Bertz CT molecular complexity index is 361. The molecule has 76 valence electrons. The average Bonchev–Trinajstić information content (AvgIpc) is 2.52. The van der Waals surface area contributed by atoms with Crippen LogP contribution in [0.15, 0.2) is 11.4 Å². The van der Waals surface area contributed by atoms with Crippen molar-refractivity contribution >= 4 is 39.8 Å². The van der Waals surface area contributed by atoms with E-state index in [4.69, 9.17) is 16.7 Å². The van der Waals surface area contributed by atoms with E-state index in [1.54, 1.807) is 5.38 Å². The van der Waals surface area contributed by atoms with E-state index >= 15 is 0 Å². The zero-order valence-corrected chi connectivity index (χ0v) is 8.85. The van der Waals surface area contributed by atoms with E-state index in [2.05, 4.69) is 5.32 Å². The van der Waals surface area contributed by atoms with E-state index in [1.165, 1.54) is 13.0 Å². The summed E-state index contributed by atoms with van der Waals surface area (Å²) in [5, 5.41) is 12.4. The van der Waals surface area contributed by atoms with Gasteiger partial charge in [0.1, 0.15) is 10.4 Å². The molecule has 0 saturated heterocycles. The van der Waals surface area contributed by atoms with Gasteiger partial charge in [-0.1, -0.05) is 0 Å². The smallest absolute Gasteiger partial charge is 0.338 e. The lowest BCUT2D eigenvalue weighted by atomic mass is 10.3. The number of alkyl halides is 1. The number of amides is 1. The largest absolute Gasteiger partial charge is 0.478 e. The monoisotopic (exact) mass is 233 g/mol. The van der Waals surface area contributed by atoms with E-state index in [0.29, 0.717) is 5.00 Å². The Morgan fingerprint density at radius 2 is 2.29 bits per heavy atom. The normalized spacial score (nSPS) is 12.1. The van der Waals surface area contributed by atoms with Crippen LogP contribution in [0.5, 0.6) is 0 Å². The third-order valence-electron chi connectivity index (χ3n) is 1.49. The molecule has 6 heteroatoms. The molecule has 2 N–H and O–H groups in total. The summed E-state index contributed by atoms with van der Waals surface area (Å²) in [6.45, 7) is 1.52. The van der Waals surface area contributed by atoms with E-state index in [0.717, 1.165) is 11.3 Å². The number of carboxylic acid groups (broad SMARTS) is 1. The molecule has 1 aromatic rings. The Balaban J connectivity index is 2.82. The molecule has 1 unspecified atom stereocenters. The number of aromatic carboxylic acids is 1. The second kappa shape index (κ2) is 4.43. The molecule has 0 aliphatic rings. The van der Waals surface area contributed by atoms with Crippen molar-refractivity contribution in [3.63, 3.8) is 0 Å². The van der Waals surface area contributed by atoms with Crippen LogP contribution in [0.2, 0.25) is 0 Å². The van der Waals surface area contributed by atoms with Crippen molar-refractivity contribution in [1.82, 2.24) is 0 Å². The first-order valence-corrected chi connectivity index (χ1v) is 5.09. The van der Waals surface area contributed by atoms with E-state index < -0.39 is 17.3 Å². The van der Waals surface area contributed by atoms with Crippen molar-refractivity contribution in [3.8, 4) is 0 Å². The molecule has 0 bridgehead atoms. The fraction of sp³-hybridized carbons (Fsp3) is 0.250. The summed E-state index contributed by atoms with van der Waals surface area (Å²) in [5.74, 6) is -1.47. The highest BCUT2D eigenvalue weighted by atomic mass is 35.5. The summed E-state index contributed by atoms with van der Waals surface area (Å²) in [6.07, 6.45) is 0. The van der Waals surface area contributed by atoms with Crippen molar-refractivity contribution in [2.45, 2.75) is 12.3 Å². The zero-order chi connectivity index (χ0) is 10.7. The van der Waals surface area contributed by atoms with Gasteiger partial charge < -0.3 is 10.4 Å². The van der Waals surface area contributed by atoms with Crippen LogP contribution in [-0.4, -0.2) is 22.4 Å². The van der Waals surface area contributed by atoms with Crippen LogP contribution in [0, 0.1) is 0 Å². The fourth-order valence-electron chi connectivity index (χ4n) is 0.786. The maximum absolute atomic E-state index is 11.2. The van der Waals surface area contributed by atoms with Gasteiger partial charge in [0.2, 0.25) is 5.91 Å². The van der Waals surface area contributed by atoms with Crippen molar-refractivity contribution in [2.75, 3.05) is 5.32 Å². The van der Waals surface area contributed by atoms with Gasteiger partial charge in [0.15, 0.2) is 0 Å². The minimum Gasteiger partial charge on any atom is -0.478 e. The van der Waals surface area contributed by atoms with Crippen LogP contribution in [0.1, 0.15) is 17.3 Å². The summed E-state index contributed by atoms with van der Waals surface area (Å²) in [4.78, 5) is 21.8. The molecule has 0 radical (unpaired) electrons. The molecule has 1 heterocycles. The van der Waals surface area contributed by atoms with Crippen molar-refractivity contribution in [1.29, 1.82) is 0 Å². The number of hydrogen-bond acceptors (Lipinski definition) is 3. The van der Waals surface area contributed by atoms with Crippen molar-refractivity contribution < 1.29 is 14.7 Å². The van der Waals surface area contributed by atoms with Crippen LogP contribution < -0.4 is 5.32 Å². The average molecular weight is 234 g/mol. The third-order valence-corrected chi connectivity index (χ3v) is 2.52. The van der Waals surface area contributed by atoms with Crippen molar-refractivity contribution in [2.24, 2.45) is 0 Å². The fourth-order valence-corrected chi connectivity index (χ4v) is 1.62. The predicted molar refractivity (Wildman–Crippen MR) is 55.2 cm³/mol. The first kappa shape index (κ1) is 11.0. The number of rotatable bonds is 3. The van der Waals surface area contributed by atoms with Gasteiger partial charge in [-0.3, -0.25) is 4.79 Å². The maximum Gasteiger partial charge on any atom is 0.338 e. The SMILES string of the molecule is CC(Cl)C(=O)Nc1sccc1C(=O)O. The number of anilines is 1. The number of halogens is 1. The number of thiophene rings is 1. The summed E-state index contributed by atoms with van der Waals surface area (Å²) in [7, 11) is 0. The van der Waals surface area contributed by atoms with E-state index in [-0.39, 0.29) is 5.56 Å². The van der Waals surface area contributed by atoms with Crippen LogP contribution in [0.4, 0.5) is 5.00 Å². The predicted octanol–water partition coefficient (Wildman–Crippen LogP) is 2.01. The van der Waals surface area contributed by atoms with Gasteiger partial charge in [0.25, 0.3) is 0 Å². The molecule has 1 atom stereocenters. The lowest BCUT2D eigenvalue weighted by Crippen LogP contribution is -2.20. The minimum absolute atomic E-state index is 0.0840. The first-order chi connectivity index (χ1) is 6.52. The molecule has 0 saturated carbocycles. The van der Waals surface area contributed by atoms with E-state index in [9.17, 15) is 9.59 Å². The Labute approximate surface area is 89.5 Å². The lowest BCUT2D eigenvalue weighted by molar-refractivity contribution is -0.115. The van der Waals surface area contributed by atoms with E-state index in [1.807, 2.05) is 0 Å². The maximum atomic E-state index is 11.2. The number of hydrogen-bond donors (Lipinski definition) is 2. The molecule has 0 aromatic carbocycles. The Morgan fingerprint density at radius 1 is 1.64 bits per heavy atom. The quantitative estimate of drug-likeness (QED) is 0.785. The summed E-state index contributed by atoms with van der Waals surface area (Å²) < 4.78 is 0. The van der Waals surface area contributed by atoms with Crippen LogP contribution >= 0.6 is 22.9 Å². The number of carboxylic acids is 1. The zero-order valence-electron chi connectivity index (χ0n) is 7.28. The molecular weight excluding hydrogens is 226 g/mol. The third kappa shape index (κ3) is 2.46. The van der Waals surface area contributed by atoms with Crippen LogP contribution in [0.25, 0.3) is 0 Å². The standard InChI is InChI=1S/C8H8ClNO3S/c1-4(9)6(11)10-7-5(8(12)13)2-3-14-7/h2-4H,1H3,(H,10,11)(H,12,13). The highest BCUT2D eigenvalue weighted by molar-refractivity contribution is 7.14. The minimum atomic E-state index is -1.07. The summed E-state index contributed by atoms with van der Waals surface area (Å²) >= 11 is 6.67. The van der Waals surface area contributed by atoms with Gasteiger partial charge in [-0.25, -0.2) is 4.79 Å². The number of carbonyl (C=O) groups is 2. The molecule has 4 nitrogen and oxygen atoms in total. The Hall–Kier alpha value is -1.07. The second-order valence-corrected chi connectivity index (χ2v) is 4.14. The molecule has 1 amide bonds. The Kier molecular flexibility index (Phi) is 3.49. The molecule has 0 aliphatic heterocycles. The van der Waals surface area contributed by atoms with Crippen LogP contribution in [-0.2, 0) is 4.79 Å². The van der Waals surface area contributed by atoms with Crippen molar-refractivity contribution in [3.05, 3.63) is 17.0 Å². The summed E-state index contributed by atoms with van der Waals surface area (Å²) in [5.41, 5.74) is 0.0840. The number of nitrogens with one attached hydrogen (secondary N) is 1. The first-order valence-electron chi connectivity index (χ1n) is 3.78. The van der Waals surface area contributed by atoms with Gasteiger partial charge >= 0.3 is 5.97 Å². The molecule has 0 aliphatic carbocycles. The number of carbonyl (C=O) groups excluding carboxylic acids is 1. The lowest BCUT2D eigenvalue weighted by Gasteiger charge is -2.04. The second-order valence-electron chi connectivity index (χ2n) is 2.57. The molecule has 0 fully saturated rings. The molecule has 14 heavy (non-hydrogen) atoms. The van der Waals surface area contributed by atoms with Gasteiger partial charge in [-0.15, -0.1) is 22.9 Å². The molecular formula is C8H8ClNO3S. The molecule has 0 spiro atoms. The van der Waals surface area contributed by atoms with Crippen LogP contribution in [0.3, 0.4) is 0 Å². The van der Waals surface area contributed by atoms with Gasteiger partial charge in [-0.2, -0.15) is 0 Å². The Morgan fingerprint density at radius 3 is 2.79 bits per heavy atom. The molecule has 1 aromatic heterocycles. The molecule has 1 rings (SSSR count). The highest BCUT2D eigenvalue weighted by Crippen LogP contribution is 2.23. The van der Waals surface area contributed by atoms with Gasteiger partial charge in [-0.05, 0) is 18.4 Å². The highest BCUT2D eigenvalue weighted by Gasteiger charge is 2.16. The van der Waals surface area contributed by atoms with Gasteiger partial charge in [0.05, 0.1) is 5.56 Å². The van der Waals surface area contributed by atoms with Gasteiger partial charge in [0, 0.05) is 0 Å². The summed E-state index contributed by atoms with van der Waals surface area (Å²) in [6, 6.07) is 1.43.